The Labute approximate surface area is 211 Å². The molecule has 0 unspecified atom stereocenters. The molecule has 0 atom stereocenters. The molecular formula is C27H32ClN3O4. The largest absolute Gasteiger partial charge is 0.466 e. The van der Waals surface area contributed by atoms with Gasteiger partial charge in [0.05, 0.1) is 13.0 Å². The van der Waals surface area contributed by atoms with Crippen LogP contribution in [0.1, 0.15) is 44.8 Å². The van der Waals surface area contributed by atoms with Crippen molar-refractivity contribution in [1.82, 2.24) is 14.9 Å². The van der Waals surface area contributed by atoms with Crippen molar-refractivity contribution in [2.24, 2.45) is 0 Å². The lowest BCUT2D eigenvalue weighted by Gasteiger charge is -2.27. The number of hydrogen-bond acceptors (Lipinski definition) is 5. The van der Waals surface area contributed by atoms with Crippen molar-refractivity contribution in [2.75, 3.05) is 13.2 Å². The lowest BCUT2D eigenvalue weighted by atomic mass is 10.0. The van der Waals surface area contributed by atoms with Gasteiger partial charge in [0.2, 0.25) is 0 Å². The zero-order valence-corrected chi connectivity index (χ0v) is 21.4. The van der Waals surface area contributed by atoms with Gasteiger partial charge in [-0.25, -0.2) is 9.78 Å². The van der Waals surface area contributed by atoms with Crippen LogP contribution in [0.4, 0.5) is 4.79 Å². The molecule has 2 aromatic carbocycles. The van der Waals surface area contributed by atoms with E-state index in [0.717, 1.165) is 16.7 Å². The summed E-state index contributed by atoms with van der Waals surface area (Å²) in [4.78, 5) is 33.8. The van der Waals surface area contributed by atoms with Crippen molar-refractivity contribution in [3.63, 3.8) is 0 Å². The monoisotopic (exact) mass is 497 g/mol. The summed E-state index contributed by atoms with van der Waals surface area (Å²) in [7, 11) is 0. The SMILES string of the molecule is CCOC(=O)Cc1cnc(CCN(Cc2ccc(-c3ccccc3)c(Cl)c2)C(=O)OC(C)(C)C)[nH]1. The molecule has 0 aliphatic heterocycles. The van der Waals surface area contributed by atoms with Gasteiger partial charge in [0.15, 0.2) is 0 Å². The Balaban J connectivity index is 1.72. The first-order valence-corrected chi connectivity index (χ1v) is 12.0. The molecule has 186 valence electrons. The molecular weight excluding hydrogens is 466 g/mol. The minimum Gasteiger partial charge on any atom is -0.466 e. The highest BCUT2D eigenvalue weighted by atomic mass is 35.5. The van der Waals surface area contributed by atoms with E-state index in [1.807, 2.05) is 69.3 Å². The first kappa shape index (κ1) is 26.3. The van der Waals surface area contributed by atoms with E-state index in [9.17, 15) is 9.59 Å². The summed E-state index contributed by atoms with van der Waals surface area (Å²) in [6, 6.07) is 15.7. The van der Waals surface area contributed by atoms with E-state index < -0.39 is 11.7 Å². The van der Waals surface area contributed by atoms with Crippen molar-refractivity contribution in [1.29, 1.82) is 0 Å². The number of H-pyrrole nitrogens is 1. The van der Waals surface area contributed by atoms with Crippen molar-refractivity contribution in [3.8, 4) is 11.1 Å². The maximum atomic E-state index is 13.0. The molecule has 1 amide bonds. The van der Waals surface area contributed by atoms with E-state index in [-0.39, 0.29) is 12.4 Å². The van der Waals surface area contributed by atoms with Gasteiger partial charge in [0.25, 0.3) is 0 Å². The average Bonchev–Trinajstić information content (AvgIpc) is 3.23. The second kappa shape index (κ2) is 11.9. The summed E-state index contributed by atoms with van der Waals surface area (Å²) in [5.41, 5.74) is 2.91. The molecule has 0 saturated carbocycles. The summed E-state index contributed by atoms with van der Waals surface area (Å²) in [6.45, 7) is 8.32. The Morgan fingerprint density at radius 2 is 1.86 bits per heavy atom. The molecule has 0 fully saturated rings. The van der Waals surface area contributed by atoms with Gasteiger partial charge < -0.3 is 19.4 Å². The fraction of sp³-hybridized carbons (Fsp3) is 0.370. The average molecular weight is 498 g/mol. The van der Waals surface area contributed by atoms with Crippen LogP contribution in [0, 0.1) is 0 Å². The molecule has 7 nitrogen and oxygen atoms in total. The van der Waals surface area contributed by atoms with Gasteiger partial charge in [-0.05, 0) is 44.9 Å². The van der Waals surface area contributed by atoms with Gasteiger partial charge in [-0.1, -0.05) is 54.1 Å². The molecule has 0 radical (unpaired) electrons. The number of aromatic nitrogens is 2. The van der Waals surface area contributed by atoms with Gasteiger partial charge in [-0.3, -0.25) is 4.79 Å². The number of carbonyl (C=O) groups is 2. The molecule has 0 aliphatic rings. The number of aromatic amines is 1. The molecule has 8 heteroatoms. The van der Waals surface area contributed by atoms with Crippen molar-refractivity contribution >= 4 is 23.7 Å². The fourth-order valence-electron chi connectivity index (χ4n) is 3.52. The van der Waals surface area contributed by atoms with Gasteiger partial charge in [0, 0.05) is 42.0 Å². The predicted molar refractivity (Wildman–Crippen MR) is 136 cm³/mol. The number of halogens is 1. The van der Waals surface area contributed by atoms with Crippen LogP contribution in [0.15, 0.2) is 54.7 Å². The summed E-state index contributed by atoms with van der Waals surface area (Å²) in [5.74, 6) is 0.365. The third-order valence-electron chi connectivity index (χ3n) is 5.08. The number of nitrogens with one attached hydrogen (secondary N) is 1. The minimum atomic E-state index is -0.623. The number of imidazole rings is 1. The van der Waals surface area contributed by atoms with Crippen LogP contribution in [-0.2, 0) is 33.7 Å². The van der Waals surface area contributed by atoms with Crippen LogP contribution in [0.2, 0.25) is 5.02 Å². The summed E-state index contributed by atoms with van der Waals surface area (Å²) < 4.78 is 10.6. The Morgan fingerprint density at radius 3 is 2.51 bits per heavy atom. The van der Waals surface area contributed by atoms with Crippen LogP contribution in [0.25, 0.3) is 11.1 Å². The molecule has 0 spiro atoms. The normalized spacial score (nSPS) is 11.2. The Bertz CT molecular complexity index is 1140. The van der Waals surface area contributed by atoms with E-state index in [1.165, 1.54) is 0 Å². The maximum Gasteiger partial charge on any atom is 0.410 e. The molecule has 0 aliphatic carbocycles. The zero-order valence-electron chi connectivity index (χ0n) is 20.6. The quantitative estimate of drug-likeness (QED) is 0.377. The molecule has 3 rings (SSSR count). The van der Waals surface area contributed by atoms with Crippen LogP contribution in [-0.4, -0.2) is 45.7 Å². The van der Waals surface area contributed by atoms with Crippen LogP contribution < -0.4 is 0 Å². The maximum absolute atomic E-state index is 13.0. The first-order valence-electron chi connectivity index (χ1n) is 11.6. The highest BCUT2D eigenvalue weighted by Crippen LogP contribution is 2.29. The van der Waals surface area contributed by atoms with Crippen LogP contribution >= 0.6 is 11.6 Å². The molecule has 1 N–H and O–H groups in total. The van der Waals surface area contributed by atoms with Crippen molar-refractivity contribution in [2.45, 2.75) is 52.7 Å². The summed E-state index contributed by atoms with van der Waals surface area (Å²) in [6.07, 6.45) is 1.80. The lowest BCUT2D eigenvalue weighted by molar-refractivity contribution is -0.142. The van der Waals surface area contributed by atoms with Gasteiger partial charge in [0.1, 0.15) is 11.4 Å². The second-order valence-electron chi connectivity index (χ2n) is 9.17. The van der Waals surface area contributed by atoms with Crippen LogP contribution in [0.3, 0.4) is 0 Å². The number of esters is 1. The molecule has 35 heavy (non-hydrogen) atoms. The number of amides is 1. The van der Waals surface area contributed by atoms with E-state index >= 15 is 0 Å². The number of rotatable bonds is 9. The highest BCUT2D eigenvalue weighted by Gasteiger charge is 2.23. The fourth-order valence-corrected chi connectivity index (χ4v) is 3.83. The number of ether oxygens (including phenoxy) is 2. The number of hydrogen-bond donors (Lipinski definition) is 1. The molecule has 0 saturated heterocycles. The molecule has 1 heterocycles. The standard InChI is InChI=1S/C27H32ClN3O4/c1-5-34-25(32)16-21-17-29-24(30-21)13-14-31(26(33)35-27(2,3)4)18-19-11-12-22(23(28)15-19)20-9-7-6-8-10-20/h6-12,15,17H,5,13-14,16,18H2,1-4H3,(H,29,30). The van der Waals surface area contributed by atoms with E-state index in [2.05, 4.69) is 9.97 Å². The zero-order chi connectivity index (χ0) is 25.4. The highest BCUT2D eigenvalue weighted by molar-refractivity contribution is 6.33. The summed E-state index contributed by atoms with van der Waals surface area (Å²) >= 11 is 6.59. The smallest absolute Gasteiger partial charge is 0.410 e. The van der Waals surface area contributed by atoms with Crippen molar-refractivity contribution in [3.05, 3.63) is 76.8 Å². The molecule has 3 aromatic rings. The van der Waals surface area contributed by atoms with E-state index in [0.29, 0.717) is 42.7 Å². The Hall–Kier alpha value is -3.32. The number of carbonyl (C=O) groups excluding carboxylic acids is 2. The van der Waals surface area contributed by atoms with Gasteiger partial charge >= 0.3 is 12.1 Å². The van der Waals surface area contributed by atoms with E-state index in [4.69, 9.17) is 21.1 Å². The molecule has 0 bridgehead atoms. The lowest BCUT2D eigenvalue weighted by Crippen LogP contribution is -2.37. The number of benzene rings is 2. The Morgan fingerprint density at radius 1 is 1.11 bits per heavy atom. The Kier molecular flexibility index (Phi) is 8.93. The molecule has 1 aromatic heterocycles. The van der Waals surface area contributed by atoms with Crippen LogP contribution in [0.5, 0.6) is 0 Å². The van der Waals surface area contributed by atoms with Crippen molar-refractivity contribution < 1.29 is 19.1 Å². The van der Waals surface area contributed by atoms with Gasteiger partial charge in [-0.15, -0.1) is 0 Å². The summed E-state index contributed by atoms with van der Waals surface area (Å²) in [5, 5.41) is 0.618. The van der Waals surface area contributed by atoms with Gasteiger partial charge in [-0.2, -0.15) is 0 Å². The third-order valence-corrected chi connectivity index (χ3v) is 5.40. The second-order valence-corrected chi connectivity index (χ2v) is 9.58. The number of nitrogens with zero attached hydrogens (tertiary/aromatic N) is 2. The third kappa shape index (κ3) is 8.14. The predicted octanol–water partition coefficient (Wildman–Crippen LogP) is 5.82. The first-order chi connectivity index (χ1) is 16.6. The minimum absolute atomic E-state index is 0.128. The van der Waals surface area contributed by atoms with E-state index in [1.54, 1.807) is 18.0 Å². The topological polar surface area (TPSA) is 84.5 Å².